The summed E-state index contributed by atoms with van der Waals surface area (Å²) in [7, 11) is 0. The Bertz CT molecular complexity index is 146. The van der Waals surface area contributed by atoms with Crippen molar-refractivity contribution in [3.63, 3.8) is 0 Å². The molecule has 70 valence electrons. The van der Waals surface area contributed by atoms with Gasteiger partial charge in [-0.05, 0) is 5.92 Å². The fraction of sp³-hybridized carbons (Fsp3) is 0.875. The molecule has 1 saturated heterocycles. The van der Waals surface area contributed by atoms with Gasteiger partial charge >= 0.3 is 6.09 Å². The molecular weight excluding hydrogens is 158 g/mol. The second-order valence-corrected chi connectivity index (χ2v) is 3.33. The van der Waals surface area contributed by atoms with E-state index in [1.165, 1.54) is 0 Å². The summed E-state index contributed by atoms with van der Waals surface area (Å²) in [6, 6.07) is 0. The summed E-state index contributed by atoms with van der Waals surface area (Å²) in [5.41, 5.74) is 0. The summed E-state index contributed by atoms with van der Waals surface area (Å²) >= 11 is 0. The molecule has 0 aromatic carbocycles. The minimum absolute atomic E-state index is 0.219. The Kier molecular flexibility index (Phi) is 3.34. The molecular formula is C8H15NO3. The van der Waals surface area contributed by atoms with E-state index in [0.717, 1.165) is 6.61 Å². The Morgan fingerprint density at radius 2 is 2.42 bits per heavy atom. The number of hydrogen-bond acceptors (Lipinski definition) is 3. The fourth-order valence-corrected chi connectivity index (χ4v) is 0.676. The van der Waals surface area contributed by atoms with Gasteiger partial charge in [0.25, 0.3) is 0 Å². The molecule has 0 aromatic rings. The third-order valence-electron chi connectivity index (χ3n) is 1.42. The van der Waals surface area contributed by atoms with Gasteiger partial charge in [0.15, 0.2) is 0 Å². The number of rotatable bonds is 4. The quantitative estimate of drug-likeness (QED) is 0.639. The van der Waals surface area contributed by atoms with Crippen LogP contribution in [0.2, 0.25) is 0 Å². The van der Waals surface area contributed by atoms with E-state index < -0.39 is 0 Å². The number of epoxide rings is 1. The van der Waals surface area contributed by atoms with E-state index in [9.17, 15) is 4.79 Å². The molecule has 12 heavy (non-hydrogen) atoms. The molecule has 1 unspecified atom stereocenters. The summed E-state index contributed by atoms with van der Waals surface area (Å²) in [6.07, 6.45) is -0.129. The van der Waals surface area contributed by atoms with Gasteiger partial charge in [-0.25, -0.2) is 4.79 Å². The number of ether oxygens (including phenoxy) is 2. The van der Waals surface area contributed by atoms with Crippen LogP contribution in [0.3, 0.4) is 0 Å². The van der Waals surface area contributed by atoms with Gasteiger partial charge < -0.3 is 14.8 Å². The van der Waals surface area contributed by atoms with Gasteiger partial charge in [-0.2, -0.15) is 0 Å². The topological polar surface area (TPSA) is 50.9 Å². The molecule has 0 saturated carbocycles. The molecule has 1 fully saturated rings. The number of hydrogen-bond donors (Lipinski definition) is 1. The normalized spacial score (nSPS) is 20.8. The maximum absolute atomic E-state index is 10.9. The lowest BCUT2D eigenvalue weighted by Crippen LogP contribution is -2.29. The van der Waals surface area contributed by atoms with E-state index in [4.69, 9.17) is 9.47 Å². The van der Waals surface area contributed by atoms with Gasteiger partial charge in [0.2, 0.25) is 0 Å². The van der Waals surface area contributed by atoms with Crippen molar-refractivity contribution >= 4 is 6.09 Å². The molecule has 1 heterocycles. The Balaban J connectivity index is 1.95. The van der Waals surface area contributed by atoms with Crippen LogP contribution in [0, 0.1) is 5.92 Å². The zero-order chi connectivity index (χ0) is 8.97. The Morgan fingerprint density at radius 1 is 1.75 bits per heavy atom. The van der Waals surface area contributed by atoms with Crippen molar-refractivity contribution in [2.45, 2.75) is 20.0 Å². The molecule has 0 aromatic heterocycles. The van der Waals surface area contributed by atoms with Crippen LogP contribution in [0.4, 0.5) is 4.79 Å². The predicted molar refractivity (Wildman–Crippen MR) is 43.9 cm³/mol. The fourth-order valence-electron chi connectivity index (χ4n) is 0.676. The van der Waals surface area contributed by atoms with E-state index in [0.29, 0.717) is 19.1 Å². The molecule has 0 spiro atoms. The zero-order valence-corrected chi connectivity index (χ0v) is 7.50. The van der Waals surface area contributed by atoms with E-state index >= 15 is 0 Å². The van der Waals surface area contributed by atoms with Crippen LogP contribution in [0.15, 0.2) is 0 Å². The number of carbonyl (C=O) groups excluding carboxylic acids is 1. The van der Waals surface area contributed by atoms with Crippen LogP contribution in [0.25, 0.3) is 0 Å². The van der Waals surface area contributed by atoms with Gasteiger partial charge in [-0.1, -0.05) is 13.8 Å². The first kappa shape index (κ1) is 9.32. The molecule has 1 atom stereocenters. The monoisotopic (exact) mass is 173 g/mol. The maximum atomic E-state index is 10.9. The largest absolute Gasteiger partial charge is 0.449 e. The summed E-state index contributed by atoms with van der Waals surface area (Å²) in [5, 5.41) is 2.61. The summed E-state index contributed by atoms with van der Waals surface area (Å²) < 4.78 is 9.79. The van der Waals surface area contributed by atoms with Crippen LogP contribution in [0.5, 0.6) is 0 Å². The molecule has 1 rings (SSSR count). The first-order chi connectivity index (χ1) is 5.68. The Hall–Kier alpha value is -0.770. The average molecular weight is 173 g/mol. The minimum atomic E-state index is -0.348. The number of carbonyl (C=O) groups is 1. The highest BCUT2D eigenvalue weighted by atomic mass is 16.6. The Morgan fingerprint density at radius 3 is 2.92 bits per heavy atom. The predicted octanol–water partition coefficient (Wildman–Crippen LogP) is 0.767. The van der Waals surface area contributed by atoms with Crippen LogP contribution >= 0.6 is 0 Å². The summed E-state index contributed by atoms with van der Waals surface area (Å²) in [4.78, 5) is 10.9. The van der Waals surface area contributed by atoms with Crippen molar-refractivity contribution in [1.82, 2.24) is 5.32 Å². The molecule has 0 radical (unpaired) electrons. The highest BCUT2D eigenvalue weighted by Gasteiger charge is 2.22. The van der Waals surface area contributed by atoms with E-state index in [-0.39, 0.29) is 12.2 Å². The highest BCUT2D eigenvalue weighted by molar-refractivity contribution is 5.67. The molecule has 1 N–H and O–H groups in total. The van der Waals surface area contributed by atoms with Crippen molar-refractivity contribution in [2.75, 3.05) is 19.8 Å². The third-order valence-corrected chi connectivity index (χ3v) is 1.42. The first-order valence-corrected chi connectivity index (χ1v) is 4.20. The van der Waals surface area contributed by atoms with E-state index in [1.54, 1.807) is 0 Å². The van der Waals surface area contributed by atoms with Crippen molar-refractivity contribution < 1.29 is 14.3 Å². The molecule has 0 aliphatic carbocycles. The van der Waals surface area contributed by atoms with Gasteiger partial charge in [-0.3, -0.25) is 0 Å². The van der Waals surface area contributed by atoms with Gasteiger partial charge in [0.05, 0.1) is 19.3 Å². The molecule has 4 heteroatoms. The van der Waals surface area contributed by atoms with E-state index in [1.807, 2.05) is 13.8 Å². The number of alkyl carbamates (subject to hydrolysis) is 1. The van der Waals surface area contributed by atoms with Crippen LogP contribution in [-0.2, 0) is 9.47 Å². The SMILES string of the molecule is CC(C)COC(=O)NCC1CO1. The standard InChI is InChI=1S/C8H15NO3/c1-6(2)4-12-8(10)9-3-7-5-11-7/h6-7H,3-5H2,1-2H3,(H,9,10). The molecule has 4 nitrogen and oxygen atoms in total. The van der Waals surface area contributed by atoms with Gasteiger partial charge in [-0.15, -0.1) is 0 Å². The third kappa shape index (κ3) is 4.18. The molecule has 0 bridgehead atoms. The lowest BCUT2D eigenvalue weighted by Gasteiger charge is -2.07. The average Bonchev–Trinajstić information content (AvgIpc) is 2.80. The number of nitrogens with one attached hydrogen (secondary N) is 1. The van der Waals surface area contributed by atoms with Gasteiger partial charge in [0.1, 0.15) is 0 Å². The smallest absolute Gasteiger partial charge is 0.407 e. The van der Waals surface area contributed by atoms with Crippen molar-refractivity contribution in [3.8, 4) is 0 Å². The summed E-state index contributed by atoms with van der Waals surface area (Å²) in [6.45, 7) is 5.79. The van der Waals surface area contributed by atoms with Gasteiger partial charge in [0, 0.05) is 6.54 Å². The van der Waals surface area contributed by atoms with E-state index in [2.05, 4.69) is 5.32 Å². The minimum Gasteiger partial charge on any atom is -0.449 e. The second-order valence-electron chi connectivity index (χ2n) is 3.33. The number of amides is 1. The lowest BCUT2D eigenvalue weighted by molar-refractivity contribution is 0.132. The molecule has 1 amide bonds. The second kappa shape index (κ2) is 4.30. The summed E-state index contributed by atoms with van der Waals surface area (Å²) in [5.74, 6) is 0.382. The molecule has 1 aliphatic rings. The lowest BCUT2D eigenvalue weighted by atomic mass is 10.2. The first-order valence-electron chi connectivity index (χ1n) is 4.20. The Labute approximate surface area is 72.2 Å². The zero-order valence-electron chi connectivity index (χ0n) is 7.50. The van der Waals surface area contributed by atoms with Crippen LogP contribution in [-0.4, -0.2) is 32.0 Å². The van der Waals surface area contributed by atoms with Crippen molar-refractivity contribution in [2.24, 2.45) is 5.92 Å². The van der Waals surface area contributed by atoms with Crippen LogP contribution in [0.1, 0.15) is 13.8 Å². The maximum Gasteiger partial charge on any atom is 0.407 e. The molecule has 1 aliphatic heterocycles. The highest BCUT2D eigenvalue weighted by Crippen LogP contribution is 2.06. The van der Waals surface area contributed by atoms with Crippen molar-refractivity contribution in [3.05, 3.63) is 0 Å². The van der Waals surface area contributed by atoms with Crippen molar-refractivity contribution in [1.29, 1.82) is 0 Å². The van der Waals surface area contributed by atoms with Crippen LogP contribution < -0.4 is 5.32 Å².